The van der Waals surface area contributed by atoms with Gasteiger partial charge in [0.05, 0.1) is 12.2 Å². The van der Waals surface area contributed by atoms with Crippen molar-refractivity contribution >= 4 is 23.4 Å². The number of esters is 1. The van der Waals surface area contributed by atoms with Crippen molar-refractivity contribution in [2.75, 3.05) is 0 Å². The largest absolute Gasteiger partial charge is 0.451 e. The van der Waals surface area contributed by atoms with Crippen molar-refractivity contribution in [3.05, 3.63) is 99.6 Å². The first-order chi connectivity index (χ1) is 18.1. The third kappa shape index (κ3) is 5.62. The number of Topliss-reactive ketones (excluding diaryl/α,β-unsaturated/α-hetero) is 1. The van der Waals surface area contributed by atoms with Gasteiger partial charge in [0.1, 0.15) is 16.5 Å². The summed E-state index contributed by atoms with van der Waals surface area (Å²) in [6, 6.07) is 17.3. The molecule has 0 aliphatic heterocycles. The van der Waals surface area contributed by atoms with Crippen LogP contribution in [0.3, 0.4) is 0 Å². The van der Waals surface area contributed by atoms with Crippen molar-refractivity contribution in [1.29, 1.82) is 0 Å². The summed E-state index contributed by atoms with van der Waals surface area (Å²) in [5.74, 6) is -1.10. The zero-order valence-corrected chi connectivity index (χ0v) is 22.0. The molecule has 0 aliphatic carbocycles. The fourth-order valence-electron chi connectivity index (χ4n) is 4.32. The predicted molar refractivity (Wildman–Crippen MR) is 139 cm³/mol. The Morgan fingerprint density at radius 2 is 1.68 bits per heavy atom. The molecule has 7 nitrogen and oxygen atoms in total. The molecule has 0 saturated carbocycles. The Balaban J connectivity index is 1.51. The number of nitrogens with zero attached hydrogens (tertiary/aromatic N) is 3. The molecule has 0 spiro atoms. The summed E-state index contributed by atoms with van der Waals surface area (Å²) in [6.07, 6.45) is -1.09. The molecule has 0 saturated heterocycles. The number of ether oxygens (including phenoxy) is 2. The van der Waals surface area contributed by atoms with Gasteiger partial charge < -0.3 is 14.0 Å². The van der Waals surface area contributed by atoms with Crippen LogP contribution in [0.15, 0.2) is 60.7 Å². The number of ketones is 1. The lowest BCUT2D eigenvalue weighted by molar-refractivity contribution is -0.0498. The normalized spacial score (nSPS) is 12.0. The molecule has 2 heterocycles. The average Bonchev–Trinajstić information content (AvgIpc) is 3.32. The summed E-state index contributed by atoms with van der Waals surface area (Å²) < 4.78 is 38.2. The number of halogens is 3. The molecule has 0 fully saturated rings. The van der Waals surface area contributed by atoms with Crippen molar-refractivity contribution in [2.24, 2.45) is 0 Å². The molecule has 1 atom stereocenters. The summed E-state index contributed by atoms with van der Waals surface area (Å²) in [5.41, 5.74) is 3.87. The highest BCUT2D eigenvalue weighted by atomic mass is 35.5. The molecular weight excluding hydrogens is 516 g/mol. The minimum Gasteiger partial charge on any atom is -0.451 e. The van der Waals surface area contributed by atoms with Crippen molar-refractivity contribution in [3.8, 4) is 11.4 Å². The SMILES string of the molecule is Cc1nn(Cc2ccccc2)c(Cl)c1C(=O)O[C@@H](C)C(=O)c1cc(C)n(-c2ccc(OC(F)F)cc2)c1C. The first-order valence-corrected chi connectivity index (χ1v) is 12.2. The van der Waals surface area contributed by atoms with E-state index in [1.54, 1.807) is 32.0 Å². The van der Waals surface area contributed by atoms with Crippen molar-refractivity contribution in [3.63, 3.8) is 0 Å². The zero-order chi connectivity index (χ0) is 27.6. The smallest absolute Gasteiger partial charge is 0.387 e. The van der Waals surface area contributed by atoms with E-state index < -0.39 is 18.7 Å². The summed E-state index contributed by atoms with van der Waals surface area (Å²) in [6.45, 7) is 4.19. The van der Waals surface area contributed by atoms with Crippen LogP contribution in [0, 0.1) is 20.8 Å². The van der Waals surface area contributed by atoms with Crippen LogP contribution in [0.2, 0.25) is 5.15 Å². The number of carbonyl (C=O) groups excluding carboxylic acids is 2. The van der Waals surface area contributed by atoms with Crippen LogP contribution in [0.4, 0.5) is 8.78 Å². The second-order valence-corrected chi connectivity index (χ2v) is 9.16. The molecule has 0 radical (unpaired) electrons. The zero-order valence-electron chi connectivity index (χ0n) is 21.2. The van der Waals surface area contributed by atoms with Crippen LogP contribution in [-0.4, -0.2) is 38.8 Å². The van der Waals surface area contributed by atoms with Gasteiger partial charge in [-0.3, -0.25) is 4.79 Å². The van der Waals surface area contributed by atoms with E-state index >= 15 is 0 Å². The minimum atomic E-state index is -2.92. The molecule has 10 heteroatoms. The second kappa shape index (κ2) is 11.2. The van der Waals surface area contributed by atoms with E-state index in [0.29, 0.717) is 29.2 Å². The van der Waals surface area contributed by atoms with Crippen LogP contribution in [0.5, 0.6) is 5.75 Å². The molecule has 38 heavy (non-hydrogen) atoms. The molecule has 0 bridgehead atoms. The Labute approximate surface area is 223 Å². The number of hydrogen-bond donors (Lipinski definition) is 0. The van der Waals surface area contributed by atoms with Gasteiger partial charge in [-0.2, -0.15) is 13.9 Å². The van der Waals surface area contributed by atoms with Crippen LogP contribution in [0.25, 0.3) is 5.69 Å². The summed E-state index contributed by atoms with van der Waals surface area (Å²) in [7, 11) is 0. The van der Waals surface area contributed by atoms with Crippen LogP contribution < -0.4 is 4.74 Å². The van der Waals surface area contributed by atoms with Gasteiger partial charge in [0.25, 0.3) is 0 Å². The molecule has 0 aliphatic rings. The van der Waals surface area contributed by atoms with Crippen molar-refractivity contribution in [1.82, 2.24) is 14.3 Å². The molecule has 2 aromatic heterocycles. The molecule has 0 amide bonds. The maximum absolute atomic E-state index is 13.3. The number of carbonyl (C=O) groups is 2. The first kappa shape index (κ1) is 27.1. The Hall–Kier alpha value is -3.98. The number of hydrogen-bond acceptors (Lipinski definition) is 5. The summed E-state index contributed by atoms with van der Waals surface area (Å²) in [5, 5.41) is 4.50. The van der Waals surface area contributed by atoms with E-state index in [9.17, 15) is 18.4 Å². The quantitative estimate of drug-likeness (QED) is 0.183. The van der Waals surface area contributed by atoms with Crippen LogP contribution in [-0.2, 0) is 11.3 Å². The highest BCUT2D eigenvalue weighted by Gasteiger charge is 2.28. The lowest BCUT2D eigenvalue weighted by atomic mass is 10.1. The molecule has 198 valence electrons. The van der Waals surface area contributed by atoms with E-state index in [1.165, 1.54) is 23.7 Å². The highest BCUT2D eigenvalue weighted by Crippen LogP contribution is 2.26. The minimum absolute atomic E-state index is 0.0316. The fraction of sp³-hybridized carbons (Fsp3) is 0.250. The van der Waals surface area contributed by atoms with Gasteiger partial charge in [0, 0.05) is 22.6 Å². The van der Waals surface area contributed by atoms with Gasteiger partial charge in [0.2, 0.25) is 5.78 Å². The number of aryl methyl sites for hydroxylation is 2. The Bertz CT molecular complexity index is 1460. The average molecular weight is 542 g/mol. The van der Waals surface area contributed by atoms with Gasteiger partial charge in [-0.15, -0.1) is 0 Å². The van der Waals surface area contributed by atoms with Crippen molar-refractivity contribution < 1.29 is 27.8 Å². The third-order valence-electron chi connectivity index (χ3n) is 6.11. The Morgan fingerprint density at radius 3 is 2.32 bits per heavy atom. The second-order valence-electron chi connectivity index (χ2n) is 8.80. The fourth-order valence-corrected chi connectivity index (χ4v) is 4.64. The molecule has 4 rings (SSSR count). The van der Waals surface area contributed by atoms with Gasteiger partial charge in [-0.1, -0.05) is 41.9 Å². The summed E-state index contributed by atoms with van der Waals surface area (Å²) in [4.78, 5) is 26.3. The topological polar surface area (TPSA) is 75.4 Å². The molecule has 2 aromatic carbocycles. The van der Waals surface area contributed by atoms with Crippen LogP contribution >= 0.6 is 11.6 Å². The lowest BCUT2D eigenvalue weighted by Gasteiger charge is -2.14. The molecule has 0 N–H and O–H groups in total. The molecule has 0 unspecified atom stereocenters. The van der Waals surface area contributed by atoms with E-state index in [0.717, 1.165) is 11.3 Å². The number of benzene rings is 2. The number of aromatic nitrogens is 3. The van der Waals surface area contributed by atoms with Gasteiger partial charge in [-0.05, 0) is 63.6 Å². The third-order valence-corrected chi connectivity index (χ3v) is 6.50. The number of rotatable bonds is 9. The highest BCUT2D eigenvalue weighted by molar-refractivity contribution is 6.32. The van der Waals surface area contributed by atoms with E-state index in [1.807, 2.05) is 41.8 Å². The van der Waals surface area contributed by atoms with Gasteiger partial charge in [-0.25, -0.2) is 9.48 Å². The number of alkyl halides is 2. The maximum atomic E-state index is 13.3. The van der Waals surface area contributed by atoms with Crippen molar-refractivity contribution in [2.45, 2.75) is 47.0 Å². The lowest BCUT2D eigenvalue weighted by Crippen LogP contribution is -2.25. The maximum Gasteiger partial charge on any atom is 0.387 e. The summed E-state index contributed by atoms with van der Waals surface area (Å²) >= 11 is 6.47. The molecular formula is C28H26ClF2N3O4. The Kier molecular flexibility index (Phi) is 7.97. The first-order valence-electron chi connectivity index (χ1n) is 11.8. The van der Waals surface area contributed by atoms with Crippen LogP contribution in [0.1, 0.15) is 50.3 Å². The Morgan fingerprint density at radius 1 is 1.03 bits per heavy atom. The van der Waals surface area contributed by atoms with E-state index in [-0.39, 0.29) is 22.2 Å². The van der Waals surface area contributed by atoms with E-state index in [2.05, 4.69) is 9.84 Å². The van der Waals surface area contributed by atoms with E-state index in [4.69, 9.17) is 16.3 Å². The molecule has 4 aromatic rings. The monoisotopic (exact) mass is 541 g/mol. The predicted octanol–water partition coefficient (Wildman–Crippen LogP) is 6.33. The van der Waals surface area contributed by atoms with Gasteiger partial charge >= 0.3 is 12.6 Å². The van der Waals surface area contributed by atoms with Gasteiger partial charge in [0.15, 0.2) is 6.10 Å². The standard InChI is InChI=1S/C28H26ClF2N3O4/c1-16-14-23(18(3)34(16)21-10-12-22(13-11-21)38-28(30)31)25(35)19(4)37-27(36)24-17(2)32-33(26(24)29)15-20-8-6-5-7-9-20/h5-14,19,28H,15H2,1-4H3/t19-/m0/s1.